The Balaban J connectivity index is 2.49. The van der Waals surface area contributed by atoms with E-state index in [0.717, 1.165) is 0 Å². The van der Waals surface area contributed by atoms with Crippen molar-refractivity contribution in [3.8, 4) is 0 Å². The van der Waals surface area contributed by atoms with Crippen LogP contribution in [0.25, 0.3) is 0 Å². The fourth-order valence-corrected chi connectivity index (χ4v) is 3.50. The van der Waals surface area contributed by atoms with Crippen molar-refractivity contribution in [3.05, 3.63) is 12.3 Å². The number of hydrogen-bond donors (Lipinski definition) is 0. The quantitative estimate of drug-likeness (QED) is 0.469. The SMILES string of the molecule is C=C[SiH2]O[SiH2][Pt]. The summed E-state index contributed by atoms with van der Waals surface area (Å²) in [7, 11) is -0.394. The molecule has 0 aromatic rings. The Bertz CT molecular complexity index is 40.5. The van der Waals surface area contributed by atoms with E-state index >= 15 is 0 Å². The van der Waals surface area contributed by atoms with E-state index in [1.165, 1.54) is 0 Å². The molecule has 0 spiro atoms. The molecule has 0 aromatic heterocycles. The van der Waals surface area contributed by atoms with Gasteiger partial charge in [0.2, 0.25) is 0 Å². The Kier molecular flexibility index (Phi) is 6.62. The molecule has 1 nitrogen and oxygen atoms in total. The molecule has 0 aliphatic rings. The van der Waals surface area contributed by atoms with E-state index in [1.807, 2.05) is 5.70 Å². The van der Waals surface area contributed by atoms with E-state index in [1.54, 1.807) is 0 Å². The van der Waals surface area contributed by atoms with Crippen molar-refractivity contribution in [1.82, 2.24) is 0 Å². The zero-order valence-electron chi connectivity index (χ0n) is 3.42. The minimum absolute atomic E-state index is 0.134. The van der Waals surface area contributed by atoms with Crippen molar-refractivity contribution in [1.29, 1.82) is 0 Å². The van der Waals surface area contributed by atoms with Crippen LogP contribution in [0.5, 0.6) is 0 Å². The fraction of sp³-hybridized carbons (Fsp3) is 0. The average molecular weight is 298 g/mol. The Morgan fingerprint density at radius 1 is 1.83 bits per heavy atom. The van der Waals surface area contributed by atoms with Gasteiger partial charge in [0.25, 0.3) is 0 Å². The van der Waals surface area contributed by atoms with E-state index in [0.29, 0.717) is 0 Å². The summed E-state index contributed by atoms with van der Waals surface area (Å²) >= 11 is 2.30. The van der Waals surface area contributed by atoms with Crippen molar-refractivity contribution < 1.29 is 23.2 Å². The average Bonchev–Trinajstić information content (AvgIpc) is 1.61. The molecular weight excluding hydrogens is 291 g/mol. The van der Waals surface area contributed by atoms with Gasteiger partial charge in [0.1, 0.15) is 0 Å². The summed E-state index contributed by atoms with van der Waals surface area (Å²) in [6.45, 7) is 3.55. The van der Waals surface area contributed by atoms with Crippen molar-refractivity contribution >= 4 is 17.5 Å². The molecule has 0 N–H and O–H groups in total. The molecule has 6 heavy (non-hydrogen) atoms. The summed E-state index contributed by atoms with van der Waals surface area (Å²) in [6.07, 6.45) is 0. The maximum atomic E-state index is 5.13. The third-order valence-electron chi connectivity index (χ3n) is 0.300. The number of rotatable bonds is 3. The molecule has 0 amide bonds. The summed E-state index contributed by atoms with van der Waals surface area (Å²) in [5.74, 6) is 0. The van der Waals surface area contributed by atoms with Crippen LogP contribution in [-0.2, 0) is 23.2 Å². The molecule has 0 fully saturated rings. The molecule has 4 heteroatoms. The van der Waals surface area contributed by atoms with Crippen molar-refractivity contribution in [2.45, 2.75) is 0 Å². The van der Waals surface area contributed by atoms with Crippen molar-refractivity contribution in [3.63, 3.8) is 0 Å². The van der Waals surface area contributed by atoms with Gasteiger partial charge < -0.3 is 0 Å². The third kappa shape index (κ3) is 4.82. The molecule has 0 bridgehead atoms. The molecule has 0 heterocycles. The zero-order chi connectivity index (χ0) is 4.83. The maximum absolute atomic E-state index is 5.13. The summed E-state index contributed by atoms with van der Waals surface area (Å²) in [5.41, 5.74) is 1.91. The van der Waals surface area contributed by atoms with Crippen LogP contribution in [-0.4, -0.2) is 17.5 Å². The molecule has 39 valence electrons. The predicted molar refractivity (Wildman–Crippen MR) is 28.4 cm³/mol. The zero-order valence-corrected chi connectivity index (χ0v) is 8.52. The molecule has 0 radical (unpaired) electrons. The van der Waals surface area contributed by atoms with E-state index in [4.69, 9.17) is 4.12 Å². The second-order valence-corrected chi connectivity index (χ2v) is 5.44. The Morgan fingerprint density at radius 2 is 2.50 bits per heavy atom. The molecule has 0 unspecified atom stereocenters. The standard InChI is InChI=1S/C2H7OSi2.Pt/c1-2-5-3-4;/h2H,1,4-5H2;. The van der Waals surface area contributed by atoms with Crippen LogP contribution in [0.1, 0.15) is 0 Å². The molecule has 0 rings (SSSR count). The summed E-state index contributed by atoms with van der Waals surface area (Å²) in [6, 6.07) is 0. The van der Waals surface area contributed by atoms with Crippen LogP contribution in [0.15, 0.2) is 12.3 Å². The first-order chi connectivity index (χ1) is 2.91. The summed E-state index contributed by atoms with van der Waals surface area (Å²) < 4.78 is 5.13. The van der Waals surface area contributed by atoms with E-state index in [-0.39, 0.29) is 17.5 Å². The molecule has 0 saturated carbocycles. The van der Waals surface area contributed by atoms with Gasteiger partial charge in [-0.05, 0) is 0 Å². The van der Waals surface area contributed by atoms with E-state index < -0.39 is 0 Å². The minimum atomic E-state index is -0.260. The van der Waals surface area contributed by atoms with Gasteiger partial charge in [0.05, 0.1) is 0 Å². The van der Waals surface area contributed by atoms with Crippen molar-refractivity contribution in [2.24, 2.45) is 0 Å². The molecule has 0 saturated heterocycles. The van der Waals surface area contributed by atoms with Crippen LogP contribution >= 0.6 is 0 Å². The van der Waals surface area contributed by atoms with Gasteiger partial charge in [-0.3, -0.25) is 0 Å². The van der Waals surface area contributed by atoms with Crippen LogP contribution < -0.4 is 0 Å². The van der Waals surface area contributed by atoms with Gasteiger partial charge in [0.15, 0.2) is 0 Å². The second-order valence-electron chi connectivity index (χ2n) is 0.751. The molecule has 0 atom stereocenters. The van der Waals surface area contributed by atoms with Crippen LogP contribution in [0, 0.1) is 0 Å². The van der Waals surface area contributed by atoms with Crippen LogP contribution in [0.2, 0.25) is 0 Å². The van der Waals surface area contributed by atoms with E-state index in [2.05, 4.69) is 25.7 Å². The van der Waals surface area contributed by atoms with Gasteiger partial charge in [0, 0.05) is 0 Å². The van der Waals surface area contributed by atoms with Gasteiger partial charge in [-0.2, -0.15) is 0 Å². The second kappa shape index (κ2) is 5.82. The Morgan fingerprint density at radius 3 is 2.67 bits per heavy atom. The van der Waals surface area contributed by atoms with Gasteiger partial charge in [-0.25, -0.2) is 0 Å². The molecule has 0 aliphatic carbocycles. The topological polar surface area (TPSA) is 9.23 Å². The van der Waals surface area contributed by atoms with Crippen molar-refractivity contribution in [2.75, 3.05) is 0 Å². The fourth-order valence-electron chi connectivity index (χ4n) is 0.121. The first kappa shape index (κ1) is 6.82. The van der Waals surface area contributed by atoms with E-state index in [9.17, 15) is 0 Å². The number of hydrogen-bond acceptors (Lipinski definition) is 1. The third-order valence-corrected chi connectivity index (χ3v) is 6.17. The van der Waals surface area contributed by atoms with Gasteiger partial charge in [-0.15, -0.1) is 0 Å². The van der Waals surface area contributed by atoms with Gasteiger partial charge >= 0.3 is 53.0 Å². The normalized spacial score (nSPS) is 12.3. The van der Waals surface area contributed by atoms with Gasteiger partial charge in [-0.1, -0.05) is 0 Å². The predicted octanol–water partition coefficient (Wildman–Crippen LogP) is -1.22. The first-order valence-corrected chi connectivity index (χ1v) is 8.86. The summed E-state index contributed by atoms with van der Waals surface area (Å²) in [4.78, 5) is 0. The monoisotopic (exact) mass is 298 g/mol. The molecule has 0 aromatic carbocycles. The van der Waals surface area contributed by atoms with Crippen LogP contribution in [0.3, 0.4) is 0 Å². The first-order valence-electron chi connectivity index (χ1n) is 1.62. The van der Waals surface area contributed by atoms with Crippen LogP contribution in [0.4, 0.5) is 0 Å². The Labute approximate surface area is 53.2 Å². The Hall–Kier alpha value is 0.822. The summed E-state index contributed by atoms with van der Waals surface area (Å²) in [5, 5.41) is 0. The molecular formula is C2H7OPtSi2. The molecule has 0 aliphatic heterocycles.